The molecule has 8 nitrogen and oxygen atoms in total. The number of carbonyl (C=O) groups excluding carboxylic acids is 2. The molecule has 0 atom stereocenters. The summed E-state index contributed by atoms with van der Waals surface area (Å²) in [6.07, 6.45) is 0. The Morgan fingerprint density at radius 3 is 2.55 bits per heavy atom. The Hall–Kier alpha value is -3.17. The molecular weight excluding hydrogens is 418 g/mol. The highest BCUT2D eigenvalue weighted by Gasteiger charge is 2.10. The average Bonchev–Trinajstić information content (AvgIpc) is 2.75. The van der Waals surface area contributed by atoms with Crippen molar-refractivity contribution in [1.29, 1.82) is 0 Å². The summed E-state index contributed by atoms with van der Waals surface area (Å²) in [5, 5.41) is 2.44. The van der Waals surface area contributed by atoms with Crippen molar-refractivity contribution in [2.45, 2.75) is 20.8 Å². The molecule has 2 rings (SSSR count). The molecule has 9 heteroatoms. The minimum atomic E-state index is -0.443. The molecule has 0 radical (unpaired) electrons. The van der Waals surface area contributed by atoms with Crippen LogP contribution >= 0.6 is 12.2 Å². The monoisotopic (exact) mass is 445 g/mol. The first kappa shape index (κ1) is 24.1. The summed E-state index contributed by atoms with van der Waals surface area (Å²) in [5.41, 5.74) is 7.27. The Labute approximate surface area is 187 Å². The van der Waals surface area contributed by atoms with Crippen LogP contribution in [0.3, 0.4) is 0 Å². The summed E-state index contributed by atoms with van der Waals surface area (Å²) in [6, 6.07) is 12.4. The Kier molecular flexibility index (Phi) is 9.73. The molecule has 166 valence electrons. The number of amides is 2. The zero-order valence-electron chi connectivity index (χ0n) is 17.8. The predicted octanol–water partition coefficient (Wildman–Crippen LogP) is 2.43. The second kappa shape index (κ2) is 12.5. The van der Waals surface area contributed by atoms with Gasteiger partial charge in [-0.1, -0.05) is 23.8 Å². The van der Waals surface area contributed by atoms with Gasteiger partial charge in [-0.15, -0.1) is 0 Å². The number of benzene rings is 2. The van der Waals surface area contributed by atoms with E-state index >= 15 is 0 Å². The maximum absolute atomic E-state index is 12.3. The van der Waals surface area contributed by atoms with Crippen LogP contribution in [0.2, 0.25) is 0 Å². The third-order valence-corrected chi connectivity index (χ3v) is 4.23. The summed E-state index contributed by atoms with van der Waals surface area (Å²) in [5.74, 6) is 0.290. The van der Waals surface area contributed by atoms with E-state index in [1.165, 1.54) is 0 Å². The molecule has 0 aliphatic rings. The topological polar surface area (TPSA) is 97.9 Å². The number of rotatable bonds is 9. The van der Waals surface area contributed by atoms with E-state index in [-0.39, 0.29) is 11.7 Å². The van der Waals surface area contributed by atoms with E-state index in [1.54, 1.807) is 24.3 Å². The van der Waals surface area contributed by atoms with Crippen LogP contribution in [0.25, 0.3) is 0 Å². The van der Waals surface area contributed by atoms with Crippen LogP contribution in [-0.2, 0) is 9.53 Å². The third kappa shape index (κ3) is 8.61. The summed E-state index contributed by atoms with van der Waals surface area (Å²) in [4.78, 5) is 24.3. The van der Waals surface area contributed by atoms with Crippen molar-refractivity contribution >= 4 is 29.1 Å². The van der Waals surface area contributed by atoms with Crippen LogP contribution in [0.5, 0.6) is 11.5 Å². The number of thiocarbonyl (C=S) groups is 1. The minimum absolute atomic E-state index is 0.0486. The summed E-state index contributed by atoms with van der Waals surface area (Å²) in [6.45, 7) is 7.06. The number of carbonyl (C=O) groups is 2. The molecule has 2 aromatic carbocycles. The van der Waals surface area contributed by atoms with Crippen molar-refractivity contribution < 1.29 is 23.8 Å². The number of aryl methyl sites for hydroxylation is 2. The first-order valence-electron chi connectivity index (χ1n) is 9.80. The van der Waals surface area contributed by atoms with Gasteiger partial charge in [-0.25, -0.2) is 0 Å². The van der Waals surface area contributed by atoms with Gasteiger partial charge >= 0.3 is 0 Å². The van der Waals surface area contributed by atoms with Gasteiger partial charge in [-0.05, 0) is 62.8 Å². The van der Waals surface area contributed by atoms with Crippen LogP contribution in [0.1, 0.15) is 28.4 Å². The first-order valence-corrected chi connectivity index (χ1v) is 10.2. The number of hydrazine groups is 1. The largest absolute Gasteiger partial charge is 0.491 e. The molecule has 0 unspecified atom stereocenters. The van der Waals surface area contributed by atoms with E-state index in [9.17, 15) is 9.59 Å². The Balaban J connectivity index is 1.75. The van der Waals surface area contributed by atoms with E-state index in [0.717, 1.165) is 11.1 Å². The smallest absolute Gasteiger partial charge is 0.276 e. The zero-order chi connectivity index (χ0) is 22.6. The molecule has 31 heavy (non-hydrogen) atoms. The van der Waals surface area contributed by atoms with Gasteiger partial charge in [-0.3, -0.25) is 25.8 Å². The zero-order valence-corrected chi connectivity index (χ0v) is 18.6. The third-order valence-electron chi connectivity index (χ3n) is 4.03. The molecule has 2 amide bonds. The van der Waals surface area contributed by atoms with Crippen molar-refractivity contribution in [1.82, 2.24) is 16.2 Å². The van der Waals surface area contributed by atoms with Crippen LogP contribution in [0.4, 0.5) is 0 Å². The van der Waals surface area contributed by atoms with Crippen molar-refractivity contribution in [3.05, 3.63) is 59.2 Å². The fraction of sp³-hybridized carbons (Fsp3) is 0.318. The van der Waals surface area contributed by atoms with Crippen molar-refractivity contribution in [3.8, 4) is 11.5 Å². The molecule has 0 aliphatic carbocycles. The van der Waals surface area contributed by atoms with Gasteiger partial charge < -0.3 is 14.2 Å². The predicted molar refractivity (Wildman–Crippen MR) is 121 cm³/mol. The van der Waals surface area contributed by atoms with Gasteiger partial charge in [0.15, 0.2) is 11.7 Å². The van der Waals surface area contributed by atoms with E-state index in [4.69, 9.17) is 26.4 Å². The average molecular weight is 446 g/mol. The van der Waals surface area contributed by atoms with Gasteiger partial charge in [0.05, 0.1) is 6.61 Å². The standard InChI is InChI=1S/C22H27N3O5S/c1-4-28-10-11-29-18-7-5-6-17(13-18)21(27)23-22(31)25-24-20(26)14-30-19-9-8-15(2)12-16(19)3/h5-9,12-13H,4,10-11,14H2,1-3H3,(H,24,26)(H2,23,25,27,31). The summed E-state index contributed by atoms with van der Waals surface area (Å²) in [7, 11) is 0. The van der Waals surface area contributed by atoms with Gasteiger partial charge in [0.25, 0.3) is 11.8 Å². The Bertz CT molecular complexity index is 920. The molecule has 0 heterocycles. The van der Waals surface area contributed by atoms with Crippen LogP contribution < -0.4 is 25.6 Å². The quantitative estimate of drug-likeness (QED) is 0.310. The lowest BCUT2D eigenvalue weighted by Crippen LogP contribution is -2.49. The summed E-state index contributed by atoms with van der Waals surface area (Å²) < 4.78 is 16.2. The molecular formula is C22H27N3O5S. The molecule has 2 aromatic rings. The van der Waals surface area contributed by atoms with Crippen molar-refractivity contribution in [2.75, 3.05) is 26.4 Å². The van der Waals surface area contributed by atoms with Gasteiger partial charge in [0, 0.05) is 12.2 Å². The van der Waals surface area contributed by atoms with Crippen molar-refractivity contribution in [3.63, 3.8) is 0 Å². The fourth-order valence-corrected chi connectivity index (χ4v) is 2.71. The number of hydrogen-bond acceptors (Lipinski definition) is 6. The number of ether oxygens (including phenoxy) is 3. The lowest BCUT2D eigenvalue weighted by Gasteiger charge is -2.13. The maximum atomic E-state index is 12.3. The van der Waals surface area contributed by atoms with Gasteiger partial charge in [-0.2, -0.15) is 0 Å². The van der Waals surface area contributed by atoms with E-state index in [2.05, 4.69) is 16.2 Å². The van der Waals surface area contributed by atoms with Gasteiger partial charge in [0.2, 0.25) is 0 Å². The van der Waals surface area contributed by atoms with Crippen molar-refractivity contribution in [2.24, 2.45) is 0 Å². The van der Waals surface area contributed by atoms with Crippen LogP contribution in [-0.4, -0.2) is 43.4 Å². The lowest BCUT2D eigenvalue weighted by molar-refractivity contribution is -0.123. The minimum Gasteiger partial charge on any atom is -0.491 e. The molecule has 0 aromatic heterocycles. The highest BCUT2D eigenvalue weighted by Crippen LogP contribution is 2.18. The van der Waals surface area contributed by atoms with E-state index < -0.39 is 11.8 Å². The maximum Gasteiger partial charge on any atom is 0.276 e. The molecule has 0 spiro atoms. The molecule has 0 saturated heterocycles. The molecule has 0 fully saturated rings. The normalized spacial score (nSPS) is 10.2. The second-order valence-electron chi connectivity index (χ2n) is 6.59. The number of nitrogens with one attached hydrogen (secondary N) is 3. The molecule has 3 N–H and O–H groups in total. The van der Waals surface area contributed by atoms with Gasteiger partial charge in [0.1, 0.15) is 18.1 Å². The molecule has 0 saturated carbocycles. The molecule has 0 aliphatic heterocycles. The second-order valence-corrected chi connectivity index (χ2v) is 7.00. The first-order chi connectivity index (χ1) is 14.9. The van der Waals surface area contributed by atoms with E-state index in [1.807, 2.05) is 39.0 Å². The van der Waals surface area contributed by atoms with Crippen LogP contribution in [0, 0.1) is 13.8 Å². The highest BCUT2D eigenvalue weighted by molar-refractivity contribution is 7.80. The summed E-state index contributed by atoms with van der Waals surface area (Å²) >= 11 is 5.05. The fourth-order valence-electron chi connectivity index (χ4n) is 2.56. The highest BCUT2D eigenvalue weighted by atomic mass is 32.1. The van der Waals surface area contributed by atoms with E-state index in [0.29, 0.717) is 36.9 Å². The lowest BCUT2D eigenvalue weighted by atomic mass is 10.1. The van der Waals surface area contributed by atoms with Crippen LogP contribution in [0.15, 0.2) is 42.5 Å². The molecule has 0 bridgehead atoms. The Morgan fingerprint density at radius 2 is 1.81 bits per heavy atom. The SMILES string of the molecule is CCOCCOc1cccc(C(=O)NC(=S)NNC(=O)COc2ccc(C)cc2C)c1. The number of hydrogen-bond donors (Lipinski definition) is 3. The Morgan fingerprint density at radius 1 is 1.00 bits per heavy atom.